The fraction of sp³-hybridized carbons (Fsp3) is 0.333. The van der Waals surface area contributed by atoms with Gasteiger partial charge in [0.15, 0.2) is 0 Å². The summed E-state index contributed by atoms with van der Waals surface area (Å²) in [4.78, 5) is 0. The molecule has 0 saturated heterocycles. The van der Waals surface area contributed by atoms with Crippen molar-refractivity contribution in [1.82, 2.24) is 9.78 Å². The molecular weight excluding hydrogens is 289 g/mol. The van der Waals surface area contributed by atoms with Crippen LogP contribution in [0.25, 0.3) is 11.1 Å². The van der Waals surface area contributed by atoms with Crippen LogP contribution in [0.5, 0.6) is 0 Å². The predicted octanol–water partition coefficient (Wildman–Crippen LogP) is 3.11. The number of benzene rings is 1. The molecule has 1 heterocycles. The van der Waals surface area contributed by atoms with E-state index in [4.69, 9.17) is 0 Å². The van der Waals surface area contributed by atoms with Gasteiger partial charge in [-0.3, -0.25) is 4.68 Å². The monoisotopic (exact) mass is 307 g/mol. The normalized spacial score (nSPS) is 13.8. The first-order chi connectivity index (χ1) is 9.77. The molecule has 4 nitrogen and oxygen atoms in total. The molecule has 0 saturated carbocycles. The second-order valence-electron chi connectivity index (χ2n) is 5.74. The van der Waals surface area contributed by atoms with Crippen molar-refractivity contribution in [2.75, 3.05) is 0 Å². The topological polar surface area (TPSA) is 53.2 Å². The molecule has 0 spiro atoms. The lowest BCUT2D eigenvalue weighted by atomic mass is 10.1. The molecule has 0 unspecified atom stereocenters. The molecule has 21 heavy (non-hydrogen) atoms. The summed E-state index contributed by atoms with van der Waals surface area (Å²) in [5.74, 6) is -0.397. The van der Waals surface area contributed by atoms with Gasteiger partial charge in [0.2, 0.25) is 0 Å². The molecule has 1 aromatic carbocycles. The maximum absolute atomic E-state index is 14.1. The van der Waals surface area contributed by atoms with E-state index in [-0.39, 0.29) is 0 Å². The molecule has 0 aliphatic heterocycles. The molecule has 112 valence electrons. The summed E-state index contributed by atoms with van der Waals surface area (Å²) in [5.41, 5.74) is 1.91. The molecule has 0 radical (unpaired) electrons. The van der Waals surface area contributed by atoms with Gasteiger partial charge < -0.3 is 4.55 Å². The second kappa shape index (κ2) is 5.99. The van der Waals surface area contributed by atoms with Gasteiger partial charge in [-0.2, -0.15) is 5.10 Å². The SMILES string of the molecule is Cn1cc(-c2ccc(/C=N/[S@@+]([O-])C(C)(C)C)c(F)c2)cn1. The maximum atomic E-state index is 14.1. The van der Waals surface area contributed by atoms with Gasteiger partial charge in [0.25, 0.3) is 0 Å². The van der Waals surface area contributed by atoms with Crippen molar-refractivity contribution >= 4 is 17.6 Å². The van der Waals surface area contributed by atoms with Crippen molar-refractivity contribution in [3.63, 3.8) is 0 Å². The van der Waals surface area contributed by atoms with Crippen molar-refractivity contribution < 1.29 is 8.94 Å². The van der Waals surface area contributed by atoms with Crippen LogP contribution in [0.3, 0.4) is 0 Å². The van der Waals surface area contributed by atoms with Crippen molar-refractivity contribution in [1.29, 1.82) is 0 Å². The molecule has 2 rings (SSSR count). The maximum Gasteiger partial charge on any atom is 0.144 e. The summed E-state index contributed by atoms with van der Waals surface area (Å²) < 4.78 is 31.0. The van der Waals surface area contributed by atoms with E-state index in [1.807, 2.05) is 34.0 Å². The Kier molecular flexibility index (Phi) is 4.49. The van der Waals surface area contributed by atoms with Crippen molar-refractivity contribution in [3.8, 4) is 11.1 Å². The minimum atomic E-state index is -1.39. The minimum Gasteiger partial charge on any atom is -0.591 e. The van der Waals surface area contributed by atoms with Gasteiger partial charge >= 0.3 is 0 Å². The summed E-state index contributed by atoms with van der Waals surface area (Å²) in [6.45, 7) is 5.47. The number of aromatic nitrogens is 2. The fourth-order valence-corrected chi connectivity index (χ4v) is 2.17. The standard InChI is InChI=1S/C15H18FN3OS/c1-15(2,3)21(20)18-9-12-6-5-11(7-14(12)16)13-8-17-19(4)10-13/h5-10H,1-4H3/b18-9+/t21-/m0/s1. The van der Waals surface area contributed by atoms with Crippen LogP contribution in [0.2, 0.25) is 0 Å². The average Bonchev–Trinajstić information content (AvgIpc) is 2.82. The molecule has 0 fully saturated rings. The summed E-state index contributed by atoms with van der Waals surface area (Å²) >= 11 is -1.39. The minimum absolute atomic E-state index is 0.320. The van der Waals surface area contributed by atoms with Gasteiger partial charge in [-0.05, 0) is 38.5 Å². The molecule has 6 heteroatoms. The number of hydrogen-bond acceptors (Lipinski definition) is 3. The number of nitrogens with zero attached hydrogens (tertiary/aromatic N) is 3. The first-order valence-corrected chi connectivity index (χ1v) is 7.62. The fourth-order valence-electron chi connectivity index (χ4n) is 1.64. The Bertz CT molecular complexity index is 661. The molecule has 2 aromatic rings. The van der Waals surface area contributed by atoms with E-state index in [1.165, 1.54) is 12.3 Å². The van der Waals surface area contributed by atoms with E-state index in [2.05, 4.69) is 9.50 Å². The van der Waals surface area contributed by atoms with Crippen LogP contribution >= 0.6 is 0 Å². The zero-order valence-corrected chi connectivity index (χ0v) is 13.3. The zero-order chi connectivity index (χ0) is 15.6. The molecule has 0 aliphatic rings. The van der Waals surface area contributed by atoms with Crippen LogP contribution in [-0.4, -0.2) is 25.3 Å². The molecule has 0 amide bonds. The van der Waals surface area contributed by atoms with E-state index < -0.39 is 21.9 Å². The summed E-state index contributed by atoms with van der Waals surface area (Å²) in [7, 11) is 1.81. The Morgan fingerprint density at radius 3 is 2.57 bits per heavy atom. The van der Waals surface area contributed by atoms with Crippen LogP contribution in [0.15, 0.2) is 35.0 Å². The van der Waals surface area contributed by atoms with Crippen LogP contribution in [0.4, 0.5) is 4.39 Å². The lowest BCUT2D eigenvalue weighted by Gasteiger charge is -2.17. The quantitative estimate of drug-likeness (QED) is 0.646. The summed E-state index contributed by atoms with van der Waals surface area (Å²) in [5, 5.41) is 4.06. The number of hydrogen-bond donors (Lipinski definition) is 0. The largest absolute Gasteiger partial charge is 0.591 e. The zero-order valence-electron chi connectivity index (χ0n) is 12.5. The third-order valence-corrected chi connectivity index (χ3v) is 4.19. The van der Waals surface area contributed by atoms with Gasteiger partial charge in [-0.1, -0.05) is 10.5 Å². The Labute approximate surface area is 127 Å². The predicted molar refractivity (Wildman–Crippen MR) is 84.1 cm³/mol. The number of rotatable bonds is 3. The van der Waals surface area contributed by atoms with Gasteiger partial charge in [0.05, 0.1) is 12.4 Å². The number of halogens is 1. The van der Waals surface area contributed by atoms with Gasteiger partial charge in [-0.15, -0.1) is 0 Å². The van der Waals surface area contributed by atoms with E-state index in [0.717, 1.165) is 11.1 Å². The lowest BCUT2D eigenvalue weighted by molar-refractivity contribution is 0.561. The molecular formula is C15H18FN3OS. The molecule has 1 aromatic heterocycles. The second-order valence-corrected chi connectivity index (χ2v) is 7.67. The Morgan fingerprint density at radius 1 is 1.33 bits per heavy atom. The third-order valence-electron chi connectivity index (χ3n) is 2.85. The highest BCUT2D eigenvalue weighted by atomic mass is 32.2. The van der Waals surface area contributed by atoms with Crippen LogP contribution in [0, 0.1) is 5.82 Å². The third kappa shape index (κ3) is 3.92. The highest BCUT2D eigenvalue weighted by Gasteiger charge is 2.25. The van der Waals surface area contributed by atoms with Crippen LogP contribution < -0.4 is 0 Å². The average molecular weight is 307 g/mol. The van der Waals surface area contributed by atoms with Crippen molar-refractivity contribution in [3.05, 3.63) is 42.0 Å². The highest BCUT2D eigenvalue weighted by Crippen LogP contribution is 2.21. The highest BCUT2D eigenvalue weighted by molar-refractivity contribution is 7.91. The Hall–Kier alpha value is -1.66. The molecule has 1 atom stereocenters. The Morgan fingerprint density at radius 2 is 2.05 bits per heavy atom. The van der Waals surface area contributed by atoms with Crippen LogP contribution in [0.1, 0.15) is 26.3 Å². The summed E-state index contributed by atoms with van der Waals surface area (Å²) in [6.07, 6.45) is 4.82. The molecule has 0 bridgehead atoms. The van der Waals surface area contributed by atoms with Gasteiger partial charge in [0.1, 0.15) is 21.9 Å². The van der Waals surface area contributed by atoms with E-state index in [1.54, 1.807) is 23.0 Å². The van der Waals surface area contributed by atoms with E-state index in [9.17, 15) is 8.94 Å². The number of aryl methyl sites for hydroxylation is 1. The molecule has 0 aliphatic carbocycles. The van der Waals surface area contributed by atoms with E-state index >= 15 is 0 Å². The Balaban J connectivity index is 2.22. The molecule has 0 N–H and O–H groups in total. The van der Waals surface area contributed by atoms with Gasteiger partial charge in [-0.25, -0.2) is 4.39 Å². The van der Waals surface area contributed by atoms with Crippen LogP contribution in [-0.2, 0) is 18.4 Å². The van der Waals surface area contributed by atoms with Crippen molar-refractivity contribution in [2.24, 2.45) is 11.4 Å². The first-order valence-electron chi connectivity index (χ1n) is 6.52. The summed E-state index contributed by atoms with van der Waals surface area (Å²) in [6, 6.07) is 4.85. The first kappa shape index (κ1) is 15.7. The van der Waals surface area contributed by atoms with E-state index in [0.29, 0.717) is 5.56 Å². The van der Waals surface area contributed by atoms with Crippen molar-refractivity contribution in [2.45, 2.75) is 25.5 Å². The smallest absolute Gasteiger partial charge is 0.144 e. The lowest BCUT2D eigenvalue weighted by Crippen LogP contribution is -2.25. The van der Waals surface area contributed by atoms with Gasteiger partial charge in [0, 0.05) is 24.4 Å².